The van der Waals surface area contributed by atoms with Gasteiger partial charge in [0.2, 0.25) is 0 Å². The van der Waals surface area contributed by atoms with Gasteiger partial charge in [-0.15, -0.1) is 0 Å². The molecule has 0 aliphatic rings. The summed E-state index contributed by atoms with van der Waals surface area (Å²) in [6.45, 7) is 2.56. The lowest BCUT2D eigenvalue weighted by molar-refractivity contribution is -0.137. The van der Waals surface area contributed by atoms with Crippen molar-refractivity contribution in [2.45, 2.75) is 25.7 Å². The number of nitrogens with one attached hydrogen (secondary N) is 1. The van der Waals surface area contributed by atoms with Gasteiger partial charge in [-0.2, -0.15) is 13.2 Å². The van der Waals surface area contributed by atoms with Crippen molar-refractivity contribution in [2.24, 2.45) is 0 Å². The van der Waals surface area contributed by atoms with E-state index in [1.54, 1.807) is 6.07 Å². The second-order valence-electron chi connectivity index (χ2n) is 7.96. The smallest absolute Gasteiger partial charge is 0.369 e. The molecule has 0 amide bonds. The van der Waals surface area contributed by atoms with Gasteiger partial charge in [0.05, 0.1) is 17.6 Å². The van der Waals surface area contributed by atoms with Crippen LogP contribution < -0.4 is 5.32 Å². The fourth-order valence-electron chi connectivity index (χ4n) is 3.39. The number of alkyl halides is 3. The number of halogens is 3. The minimum atomic E-state index is -4.34. The Bertz CT molecular complexity index is 1000. The van der Waals surface area contributed by atoms with Crippen molar-refractivity contribution in [1.82, 2.24) is 19.8 Å². The van der Waals surface area contributed by atoms with Crippen LogP contribution in [-0.2, 0) is 19.3 Å². The van der Waals surface area contributed by atoms with E-state index in [0.29, 0.717) is 24.5 Å². The van der Waals surface area contributed by atoms with E-state index >= 15 is 0 Å². The zero-order valence-corrected chi connectivity index (χ0v) is 18.1. The summed E-state index contributed by atoms with van der Waals surface area (Å²) < 4.78 is 38.9. The number of hydrogen-bond acceptors (Lipinski definition) is 5. The molecule has 0 bridgehead atoms. The molecule has 0 aliphatic heterocycles. The lowest BCUT2D eigenvalue weighted by atomic mass is 10.1. The second-order valence-corrected chi connectivity index (χ2v) is 7.96. The first-order valence-corrected chi connectivity index (χ1v) is 10.2. The van der Waals surface area contributed by atoms with E-state index in [1.165, 1.54) is 12.1 Å². The molecule has 0 spiro atoms. The predicted molar refractivity (Wildman–Crippen MR) is 118 cm³/mol. The molecule has 0 radical (unpaired) electrons. The quantitative estimate of drug-likeness (QED) is 0.500. The summed E-state index contributed by atoms with van der Waals surface area (Å²) in [6.07, 6.45) is -3.36. The maximum absolute atomic E-state index is 13.0. The highest BCUT2D eigenvalue weighted by Gasteiger charge is 2.30. The molecule has 0 saturated heterocycles. The number of benzene rings is 2. The minimum absolute atomic E-state index is 0.367. The highest BCUT2D eigenvalue weighted by atomic mass is 19.4. The van der Waals surface area contributed by atoms with E-state index in [2.05, 4.69) is 15.2 Å². The Hall–Kier alpha value is -2.71. The summed E-state index contributed by atoms with van der Waals surface area (Å²) in [5.41, 5.74) is 0.805. The Morgan fingerprint density at radius 3 is 2.45 bits per heavy atom. The van der Waals surface area contributed by atoms with Crippen LogP contribution in [0, 0.1) is 0 Å². The molecule has 0 aliphatic carbocycles. The standard InChI is InChI=1S/C23H28F3N5/c1-30(2)13-7-12-27-22-19-10-4-5-11-20(19)28-21(29-22)16-31(3)15-17-8-6-9-18(14-17)23(24,25)26/h4-6,8-11,14H,7,12-13,15-16H2,1-3H3,(H,27,28,29). The first-order chi connectivity index (χ1) is 14.7. The molecule has 1 N–H and O–H groups in total. The van der Waals surface area contributed by atoms with Crippen LogP contribution in [0.15, 0.2) is 48.5 Å². The number of para-hydroxylation sites is 1. The maximum atomic E-state index is 13.0. The summed E-state index contributed by atoms with van der Waals surface area (Å²) in [6, 6.07) is 13.2. The third-order valence-electron chi connectivity index (χ3n) is 4.84. The maximum Gasteiger partial charge on any atom is 0.416 e. The molecule has 8 heteroatoms. The van der Waals surface area contributed by atoms with E-state index < -0.39 is 11.7 Å². The van der Waals surface area contributed by atoms with Crippen molar-refractivity contribution in [2.75, 3.05) is 39.5 Å². The second kappa shape index (κ2) is 10.1. The molecule has 3 aromatic rings. The van der Waals surface area contributed by atoms with Crippen molar-refractivity contribution in [3.05, 3.63) is 65.5 Å². The highest BCUT2D eigenvalue weighted by molar-refractivity contribution is 5.88. The number of aromatic nitrogens is 2. The van der Waals surface area contributed by atoms with E-state index in [0.717, 1.165) is 42.3 Å². The van der Waals surface area contributed by atoms with Gasteiger partial charge in [0.25, 0.3) is 0 Å². The minimum Gasteiger partial charge on any atom is -0.369 e. The average Bonchev–Trinajstić information content (AvgIpc) is 2.70. The predicted octanol–water partition coefficient (Wildman–Crippen LogP) is 4.64. The molecular weight excluding hydrogens is 403 g/mol. The Morgan fingerprint density at radius 2 is 1.71 bits per heavy atom. The van der Waals surface area contributed by atoms with E-state index in [4.69, 9.17) is 4.98 Å². The fourth-order valence-corrected chi connectivity index (χ4v) is 3.39. The number of anilines is 1. The van der Waals surface area contributed by atoms with Crippen molar-refractivity contribution >= 4 is 16.7 Å². The third-order valence-corrected chi connectivity index (χ3v) is 4.84. The normalized spacial score (nSPS) is 12.1. The molecule has 31 heavy (non-hydrogen) atoms. The van der Waals surface area contributed by atoms with Crippen LogP contribution >= 0.6 is 0 Å². The van der Waals surface area contributed by atoms with E-state index in [-0.39, 0.29) is 0 Å². The van der Waals surface area contributed by atoms with E-state index in [9.17, 15) is 13.2 Å². The summed E-state index contributed by atoms with van der Waals surface area (Å²) in [4.78, 5) is 13.4. The zero-order valence-electron chi connectivity index (χ0n) is 18.1. The first kappa shape index (κ1) is 23.0. The van der Waals surface area contributed by atoms with Gasteiger partial charge in [-0.1, -0.05) is 30.3 Å². The van der Waals surface area contributed by atoms with Crippen LogP contribution in [0.25, 0.3) is 10.9 Å². The van der Waals surface area contributed by atoms with Crippen LogP contribution in [0.5, 0.6) is 0 Å². The van der Waals surface area contributed by atoms with Gasteiger partial charge in [-0.3, -0.25) is 4.90 Å². The Morgan fingerprint density at radius 1 is 0.935 bits per heavy atom. The van der Waals surface area contributed by atoms with E-state index in [1.807, 2.05) is 50.3 Å². The van der Waals surface area contributed by atoms with Crippen molar-refractivity contribution < 1.29 is 13.2 Å². The van der Waals surface area contributed by atoms with Gasteiger partial charge < -0.3 is 10.2 Å². The Balaban J connectivity index is 1.73. The van der Waals surface area contributed by atoms with Crippen LogP contribution in [0.4, 0.5) is 19.0 Å². The number of rotatable bonds is 9. The van der Waals surface area contributed by atoms with Crippen molar-refractivity contribution in [1.29, 1.82) is 0 Å². The molecule has 5 nitrogen and oxygen atoms in total. The zero-order chi connectivity index (χ0) is 22.4. The molecule has 1 aromatic heterocycles. The lowest BCUT2D eigenvalue weighted by Crippen LogP contribution is -2.20. The molecule has 2 aromatic carbocycles. The highest BCUT2D eigenvalue weighted by Crippen LogP contribution is 2.29. The molecule has 3 rings (SSSR count). The molecule has 1 heterocycles. The first-order valence-electron chi connectivity index (χ1n) is 10.2. The Labute approximate surface area is 180 Å². The molecule has 0 unspecified atom stereocenters. The van der Waals surface area contributed by atoms with Crippen molar-refractivity contribution in [3.8, 4) is 0 Å². The number of nitrogens with zero attached hydrogens (tertiary/aromatic N) is 4. The van der Waals surface area contributed by atoms with Gasteiger partial charge in [0.1, 0.15) is 11.6 Å². The van der Waals surface area contributed by atoms with Gasteiger partial charge in [-0.25, -0.2) is 9.97 Å². The SMILES string of the molecule is CN(C)CCCNc1nc(CN(C)Cc2cccc(C(F)(F)F)c2)nc2ccccc12. The number of hydrogen-bond donors (Lipinski definition) is 1. The molecule has 0 fully saturated rings. The summed E-state index contributed by atoms with van der Waals surface area (Å²) in [5, 5.41) is 4.36. The van der Waals surface area contributed by atoms with Gasteiger partial charge in [0.15, 0.2) is 0 Å². The topological polar surface area (TPSA) is 44.3 Å². The van der Waals surface area contributed by atoms with Crippen molar-refractivity contribution in [3.63, 3.8) is 0 Å². The number of fused-ring (bicyclic) bond motifs is 1. The largest absolute Gasteiger partial charge is 0.416 e. The summed E-state index contributed by atoms with van der Waals surface area (Å²) >= 11 is 0. The summed E-state index contributed by atoms with van der Waals surface area (Å²) in [5.74, 6) is 1.41. The summed E-state index contributed by atoms with van der Waals surface area (Å²) in [7, 11) is 5.93. The van der Waals surface area contributed by atoms with Crippen LogP contribution in [0.1, 0.15) is 23.4 Å². The molecule has 0 atom stereocenters. The molecule has 166 valence electrons. The monoisotopic (exact) mass is 431 g/mol. The van der Waals surface area contributed by atoms with Gasteiger partial charge in [-0.05, 0) is 57.9 Å². The van der Waals surface area contributed by atoms with Gasteiger partial charge in [0, 0.05) is 18.5 Å². The lowest BCUT2D eigenvalue weighted by Gasteiger charge is -2.18. The Kier molecular flexibility index (Phi) is 7.46. The molecule has 0 saturated carbocycles. The van der Waals surface area contributed by atoms with Gasteiger partial charge >= 0.3 is 6.18 Å². The third kappa shape index (κ3) is 6.63. The van der Waals surface area contributed by atoms with Crippen LogP contribution in [0.2, 0.25) is 0 Å². The average molecular weight is 432 g/mol. The molecular formula is C23H28F3N5. The van der Waals surface area contributed by atoms with Crippen LogP contribution in [-0.4, -0.2) is 54.0 Å². The fraction of sp³-hybridized carbons (Fsp3) is 0.391. The van der Waals surface area contributed by atoms with Crippen LogP contribution in [0.3, 0.4) is 0 Å².